The number of rotatable bonds is 5. The lowest BCUT2D eigenvalue weighted by Gasteiger charge is -2.15. The van der Waals surface area contributed by atoms with Gasteiger partial charge in [-0.2, -0.15) is 0 Å². The summed E-state index contributed by atoms with van der Waals surface area (Å²) in [6, 6.07) is 14.4. The molecule has 0 radical (unpaired) electrons. The maximum absolute atomic E-state index is 6.09. The first kappa shape index (κ1) is 15.4. The molecule has 0 saturated carbocycles. The summed E-state index contributed by atoms with van der Waals surface area (Å²) in [5, 5.41) is 4.22. The number of halogens is 2. The molecule has 0 saturated heterocycles. The van der Waals surface area contributed by atoms with Gasteiger partial charge in [0.1, 0.15) is 5.75 Å². The van der Waals surface area contributed by atoms with Crippen LogP contribution < -0.4 is 10.1 Å². The van der Waals surface area contributed by atoms with Crippen molar-refractivity contribution in [2.24, 2.45) is 0 Å². The van der Waals surface area contributed by atoms with Crippen LogP contribution in [0.5, 0.6) is 5.75 Å². The lowest BCUT2D eigenvalue weighted by atomic mass is 10.1. The zero-order valence-corrected chi connectivity index (χ0v) is 13.8. The van der Waals surface area contributed by atoms with Crippen LogP contribution in [0.3, 0.4) is 0 Å². The summed E-state index contributed by atoms with van der Waals surface area (Å²) in [4.78, 5) is 0. The molecule has 0 spiro atoms. The highest BCUT2D eigenvalue weighted by atomic mass is 79.9. The molecule has 0 aromatic heterocycles. The van der Waals surface area contributed by atoms with E-state index in [9.17, 15) is 0 Å². The van der Waals surface area contributed by atoms with Crippen molar-refractivity contribution in [1.82, 2.24) is 5.32 Å². The van der Waals surface area contributed by atoms with Gasteiger partial charge in [0.25, 0.3) is 0 Å². The van der Waals surface area contributed by atoms with E-state index in [0.717, 1.165) is 21.8 Å². The number of nitrogens with one attached hydrogen (secondary N) is 1. The largest absolute Gasteiger partial charge is 0.497 e. The van der Waals surface area contributed by atoms with Crippen molar-refractivity contribution >= 4 is 27.5 Å². The van der Waals surface area contributed by atoms with Gasteiger partial charge in [0.15, 0.2) is 0 Å². The molecule has 2 nitrogen and oxygen atoms in total. The lowest BCUT2D eigenvalue weighted by Crippen LogP contribution is -2.18. The van der Waals surface area contributed by atoms with Crippen molar-refractivity contribution < 1.29 is 4.74 Å². The van der Waals surface area contributed by atoms with Gasteiger partial charge < -0.3 is 10.1 Å². The molecular formula is C16H17BrClNO. The predicted octanol–water partition coefficient (Wildman–Crippen LogP) is 4.96. The number of methoxy groups -OCH3 is 1. The van der Waals surface area contributed by atoms with E-state index < -0.39 is 0 Å². The molecule has 0 fully saturated rings. The Morgan fingerprint density at radius 3 is 2.50 bits per heavy atom. The number of ether oxygens (including phenoxy) is 1. The summed E-state index contributed by atoms with van der Waals surface area (Å²) in [5.74, 6) is 0.876. The van der Waals surface area contributed by atoms with Crippen LogP contribution in [-0.2, 0) is 6.54 Å². The first-order chi connectivity index (χ1) is 9.60. The Labute approximate surface area is 133 Å². The normalized spacial score (nSPS) is 12.2. The lowest BCUT2D eigenvalue weighted by molar-refractivity contribution is 0.414. The van der Waals surface area contributed by atoms with Crippen LogP contribution >= 0.6 is 27.5 Å². The van der Waals surface area contributed by atoms with Crippen LogP contribution in [-0.4, -0.2) is 7.11 Å². The fraction of sp³-hybridized carbons (Fsp3) is 0.250. The molecule has 1 atom stereocenters. The van der Waals surface area contributed by atoms with E-state index in [2.05, 4.69) is 46.4 Å². The van der Waals surface area contributed by atoms with Crippen LogP contribution in [0.15, 0.2) is 46.9 Å². The second-order valence-corrected chi connectivity index (χ2v) is 5.89. The third-order valence-electron chi connectivity index (χ3n) is 3.21. The van der Waals surface area contributed by atoms with Crippen molar-refractivity contribution in [2.75, 3.05) is 7.11 Å². The zero-order chi connectivity index (χ0) is 14.5. The second kappa shape index (κ2) is 7.11. The van der Waals surface area contributed by atoms with Gasteiger partial charge in [0.2, 0.25) is 0 Å². The fourth-order valence-corrected chi connectivity index (χ4v) is 2.38. The summed E-state index contributed by atoms with van der Waals surface area (Å²) in [6.07, 6.45) is 0. The summed E-state index contributed by atoms with van der Waals surface area (Å²) in [5.41, 5.74) is 2.40. The zero-order valence-electron chi connectivity index (χ0n) is 11.5. The molecule has 4 heteroatoms. The number of hydrogen-bond donors (Lipinski definition) is 1. The standard InChI is InChI=1S/C16H17BrClNO/c1-11(13-4-6-14(20-2)7-5-13)19-10-12-3-8-15(17)16(18)9-12/h3-9,11,19H,10H2,1-2H3/t11-/m1/s1. The average molecular weight is 355 g/mol. The molecule has 0 bridgehead atoms. The Hall–Kier alpha value is -1.03. The van der Waals surface area contributed by atoms with Crippen LogP contribution in [0, 0.1) is 0 Å². The van der Waals surface area contributed by atoms with Crippen molar-refractivity contribution in [1.29, 1.82) is 0 Å². The van der Waals surface area contributed by atoms with E-state index in [1.807, 2.05) is 24.3 Å². The SMILES string of the molecule is COc1ccc([C@@H](C)NCc2ccc(Br)c(Cl)c2)cc1. The first-order valence-corrected chi connectivity index (χ1v) is 7.58. The summed E-state index contributed by atoms with van der Waals surface area (Å²) in [7, 11) is 1.67. The minimum atomic E-state index is 0.267. The molecule has 2 aromatic carbocycles. The van der Waals surface area contributed by atoms with Gasteiger partial charge in [-0.05, 0) is 58.2 Å². The van der Waals surface area contributed by atoms with E-state index in [-0.39, 0.29) is 6.04 Å². The Balaban J connectivity index is 1.96. The summed E-state index contributed by atoms with van der Waals surface area (Å²) < 4.78 is 6.09. The van der Waals surface area contributed by atoms with Gasteiger partial charge in [0.05, 0.1) is 12.1 Å². The summed E-state index contributed by atoms with van der Waals surface area (Å²) >= 11 is 9.49. The molecule has 2 rings (SSSR count). The van der Waals surface area contributed by atoms with Crippen LogP contribution in [0.2, 0.25) is 5.02 Å². The average Bonchev–Trinajstić information content (AvgIpc) is 2.48. The molecule has 20 heavy (non-hydrogen) atoms. The highest BCUT2D eigenvalue weighted by molar-refractivity contribution is 9.10. The Kier molecular flexibility index (Phi) is 5.46. The van der Waals surface area contributed by atoms with Crippen LogP contribution in [0.4, 0.5) is 0 Å². The predicted molar refractivity (Wildman–Crippen MR) is 87.4 cm³/mol. The third-order valence-corrected chi connectivity index (χ3v) is 4.44. The second-order valence-electron chi connectivity index (χ2n) is 4.62. The minimum Gasteiger partial charge on any atom is -0.497 e. The number of benzene rings is 2. The maximum atomic E-state index is 6.09. The Morgan fingerprint density at radius 1 is 1.20 bits per heavy atom. The van der Waals surface area contributed by atoms with Gasteiger partial charge in [-0.15, -0.1) is 0 Å². The topological polar surface area (TPSA) is 21.3 Å². The molecular weight excluding hydrogens is 338 g/mol. The van der Waals surface area contributed by atoms with E-state index in [0.29, 0.717) is 0 Å². The fourth-order valence-electron chi connectivity index (χ4n) is 1.93. The first-order valence-electron chi connectivity index (χ1n) is 6.41. The monoisotopic (exact) mass is 353 g/mol. The van der Waals surface area contributed by atoms with Crippen molar-refractivity contribution in [3.8, 4) is 5.75 Å². The smallest absolute Gasteiger partial charge is 0.118 e. The van der Waals surface area contributed by atoms with Crippen LogP contribution in [0.1, 0.15) is 24.1 Å². The molecule has 0 amide bonds. The molecule has 2 aromatic rings. The third kappa shape index (κ3) is 3.98. The Bertz CT molecular complexity index is 571. The molecule has 106 valence electrons. The van der Waals surface area contributed by atoms with Crippen molar-refractivity contribution in [2.45, 2.75) is 19.5 Å². The van der Waals surface area contributed by atoms with E-state index in [1.165, 1.54) is 11.1 Å². The van der Waals surface area contributed by atoms with E-state index >= 15 is 0 Å². The van der Waals surface area contributed by atoms with Crippen molar-refractivity contribution in [3.63, 3.8) is 0 Å². The highest BCUT2D eigenvalue weighted by Crippen LogP contribution is 2.23. The maximum Gasteiger partial charge on any atom is 0.118 e. The Morgan fingerprint density at radius 2 is 1.90 bits per heavy atom. The van der Waals surface area contributed by atoms with Gasteiger partial charge in [-0.3, -0.25) is 0 Å². The summed E-state index contributed by atoms with van der Waals surface area (Å²) in [6.45, 7) is 2.92. The molecule has 0 aliphatic heterocycles. The minimum absolute atomic E-state index is 0.267. The molecule has 1 N–H and O–H groups in total. The van der Waals surface area contributed by atoms with E-state index in [1.54, 1.807) is 7.11 Å². The number of hydrogen-bond acceptors (Lipinski definition) is 2. The van der Waals surface area contributed by atoms with Gasteiger partial charge in [-0.25, -0.2) is 0 Å². The quantitative estimate of drug-likeness (QED) is 0.819. The highest BCUT2D eigenvalue weighted by Gasteiger charge is 2.06. The van der Waals surface area contributed by atoms with Crippen molar-refractivity contribution in [3.05, 3.63) is 63.1 Å². The molecule has 0 heterocycles. The van der Waals surface area contributed by atoms with E-state index in [4.69, 9.17) is 16.3 Å². The van der Waals surface area contributed by atoms with Crippen LogP contribution in [0.25, 0.3) is 0 Å². The molecule has 0 unspecified atom stereocenters. The molecule has 0 aliphatic rings. The van der Waals surface area contributed by atoms with Gasteiger partial charge in [0, 0.05) is 17.1 Å². The van der Waals surface area contributed by atoms with Gasteiger partial charge in [-0.1, -0.05) is 29.8 Å². The molecule has 0 aliphatic carbocycles. The van der Waals surface area contributed by atoms with Gasteiger partial charge >= 0.3 is 0 Å².